The zero-order chi connectivity index (χ0) is 18.4. The molecule has 0 heterocycles. The molecule has 25 heavy (non-hydrogen) atoms. The fourth-order valence-corrected chi connectivity index (χ4v) is 3.15. The fourth-order valence-electron chi connectivity index (χ4n) is 3.15. The van der Waals surface area contributed by atoms with Crippen LogP contribution in [0.5, 0.6) is 0 Å². The van der Waals surface area contributed by atoms with Gasteiger partial charge in [-0.2, -0.15) is 0 Å². The molecule has 0 amide bonds. The molecule has 2 heteroatoms. The third kappa shape index (κ3) is 21.2. The van der Waals surface area contributed by atoms with Gasteiger partial charge in [-0.15, -0.1) is 0 Å². The predicted octanol–water partition coefficient (Wildman–Crippen LogP) is 7.76. The first kappa shape index (κ1) is 24.2. The van der Waals surface area contributed by atoms with Crippen LogP contribution in [-0.2, 0) is 9.53 Å². The molecule has 0 aromatic heterocycles. The van der Waals surface area contributed by atoms with Gasteiger partial charge in [-0.3, -0.25) is 4.79 Å². The molecule has 2 nitrogen and oxygen atoms in total. The van der Waals surface area contributed by atoms with Gasteiger partial charge in [0.15, 0.2) is 0 Å². The molecule has 0 unspecified atom stereocenters. The van der Waals surface area contributed by atoms with Crippen molar-refractivity contribution < 1.29 is 9.53 Å². The van der Waals surface area contributed by atoms with Gasteiger partial charge in [-0.25, -0.2) is 0 Å². The lowest BCUT2D eigenvalue weighted by Gasteiger charge is -2.02. The molecule has 0 rings (SSSR count). The fraction of sp³-hybridized carbons (Fsp3) is 0.870. The second kappa shape index (κ2) is 21.3. The Hall–Kier alpha value is -0.790. The minimum absolute atomic E-state index is 0.0672. The first-order chi connectivity index (χ1) is 12.3. The van der Waals surface area contributed by atoms with E-state index >= 15 is 0 Å². The van der Waals surface area contributed by atoms with E-state index in [9.17, 15) is 4.79 Å². The number of allylic oxidation sites excluding steroid dienone is 2. The highest BCUT2D eigenvalue weighted by Gasteiger charge is 1.99. The van der Waals surface area contributed by atoms with Gasteiger partial charge in [0.2, 0.25) is 0 Å². The summed E-state index contributed by atoms with van der Waals surface area (Å²) < 4.78 is 4.64. The lowest BCUT2D eigenvalue weighted by atomic mass is 10.0. The van der Waals surface area contributed by atoms with Crippen molar-refractivity contribution in [3.63, 3.8) is 0 Å². The summed E-state index contributed by atoms with van der Waals surface area (Å²) >= 11 is 0. The van der Waals surface area contributed by atoms with Gasteiger partial charge < -0.3 is 4.74 Å². The lowest BCUT2D eigenvalue weighted by molar-refractivity contribution is -0.140. The van der Waals surface area contributed by atoms with Crippen LogP contribution >= 0.6 is 0 Å². The van der Waals surface area contributed by atoms with E-state index in [1.54, 1.807) is 0 Å². The van der Waals surface area contributed by atoms with Gasteiger partial charge in [0.1, 0.15) is 0 Å². The van der Waals surface area contributed by atoms with Crippen LogP contribution < -0.4 is 0 Å². The Labute approximate surface area is 157 Å². The van der Waals surface area contributed by atoms with E-state index in [4.69, 9.17) is 0 Å². The first-order valence-corrected chi connectivity index (χ1v) is 11.0. The number of carbonyl (C=O) groups is 1. The van der Waals surface area contributed by atoms with Gasteiger partial charge in [0.05, 0.1) is 7.11 Å². The van der Waals surface area contributed by atoms with Crippen LogP contribution in [0.1, 0.15) is 122 Å². The summed E-state index contributed by atoms with van der Waals surface area (Å²) in [6.45, 7) is 2.27. The Morgan fingerprint density at radius 1 is 0.640 bits per heavy atom. The third-order valence-corrected chi connectivity index (χ3v) is 4.87. The molecular weight excluding hydrogens is 308 g/mol. The largest absolute Gasteiger partial charge is 0.469 e. The minimum atomic E-state index is -0.0672. The number of unbranched alkanes of at least 4 members (excludes halogenated alkanes) is 15. The molecule has 0 aromatic carbocycles. The molecule has 0 radical (unpaired) electrons. The van der Waals surface area contributed by atoms with Gasteiger partial charge in [0.25, 0.3) is 0 Å². The molecule has 0 fully saturated rings. The van der Waals surface area contributed by atoms with Crippen molar-refractivity contribution >= 4 is 5.97 Å². The smallest absolute Gasteiger partial charge is 0.305 e. The lowest BCUT2D eigenvalue weighted by Crippen LogP contribution is -1.99. The van der Waals surface area contributed by atoms with Crippen LogP contribution in [0.2, 0.25) is 0 Å². The van der Waals surface area contributed by atoms with Gasteiger partial charge in [-0.1, -0.05) is 96.1 Å². The Kier molecular flexibility index (Phi) is 20.6. The van der Waals surface area contributed by atoms with E-state index < -0.39 is 0 Å². The van der Waals surface area contributed by atoms with Crippen LogP contribution in [0.25, 0.3) is 0 Å². The van der Waals surface area contributed by atoms with E-state index in [0.29, 0.717) is 6.42 Å². The number of rotatable bonds is 19. The summed E-state index contributed by atoms with van der Waals surface area (Å²) in [6.07, 6.45) is 27.9. The molecule has 0 aliphatic rings. The standard InChI is InChI=1S/C23H44O2/c1-3-4-5-6-7-8-9-10-11-12-13-14-15-16-17-18-19-20-21-22-23(24)25-2/h8-9H,3-7,10-22H2,1-2H3/b9-8+. The Morgan fingerprint density at radius 2 is 1.04 bits per heavy atom. The normalized spacial score (nSPS) is 11.3. The van der Waals surface area contributed by atoms with Crippen molar-refractivity contribution in [1.82, 2.24) is 0 Å². The molecule has 0 bridgehead atoms. The summed E-state index contributed by atoms with van der Waals surface area (Å²) in [5.41, 5.74) is 0. The summed E-state index contributed by atoms with van der Waals surface area (Å²) in [5, 5.41) is 0. The summed E-state index contributed by atoms with van der Waals surface area (Å²) in [6, 6.07) is 0. The van der Waals surface area contributed by atoms with Crippen LogP contribution in [0.4, 0.5) is 0 Å². The van der Waals surface area contributed by atoms with Gasteiger partial charge in [-0.05, 0) is 32.1 Å². The second-order valence-electron chi connectivity index (χ2n) is 7.32. The van der Waals surface area contributed by atoms with Crippen LogP contribution in [0, 0.1) is 0 Å². The number of carbonyl (C=O) groups excluding carboxylic acids is 1. The Balaban J connectivity index is 3.07. The number of esters is 1. The maximum absolute atomic E-state index is 11.0. The second-order valence-corrected chi connectivity index (χ2v) is 7.32. The van der Waals surface area contributed by atoms with Gasteiger partial charge in [0, 0.05) is 6.42 Å². The number of hydrogen-bond acceptors (Lipinski definition) is 2. The highest BCUT2D eigenvalue weighted by Crippen LogP contribution is 2.13. The predicted molar refractivity (Wildman–Crippen MR) is 110 cm³/mol. The van der Waals surface area contributed by atoms with Crippen LogP contribution in [-0.4, -0.2) is 13.1 Å². The maximum atomic E-state index is 11.0. The third-order valence-electron chi connectivity index (χ3n) is 4.87. The zero-order valence-electron chi connectivity index (χ0n) is 17.2. The number of ether oxygens (including phenoxy) is 1. The van der Waals surface area contributed by atoms with Crippen LogP contribution in [0.3, 0.4) is 0 Å². The van der Waals surface area contributed by atoms with Crippen molar-refractivity contribution in [3.05, 3.63) is 12.2 Å². The Morgan fingerprint density at radius 3 is 1.48 bits per heavy atom. The maximum Gasteiger partial charge on any atom is 0.305 e. The average molecular weight is 353 g/mol. The van der Waals surface area contributed by atoms with Gasteiger partial charge >= 0.3 is 5.97 Å². The first-order valence-electron chi connectivity index (χ1n) is 11.0. The molecular formula is C23H44O2. The van der Waals surface area contributed by atoms with Crippen molar-refractivity contribution in [3.8, 4) is 0 Å². The summed E-state index contributed by atoms with van der Waals surface area (Å²) in [7, 11) is 1.47. The summed E-state index contributed by atoms with van der Waals surface area (Å²) in [5.74, 6) is -0.0672. The quantitative estimate of drug-likeness (QED) is 0.135. The molecule has 0 atom stereocenters. The molecule has 0 spiro atoms. The Bertz CT molecular complexity index is 296. The summed E-state index contributed by atoms with van der Waals surface area (Å²) in [4.78, 5) is 11.0. The van der Waals surface area contributed by atoms with Crippen molar-refractivity contribution in [2.75, 3.05) is 7.11 Å². The molecule has 0 aliphatic carbocycles. The minimum Gasteiger partial charge on any atom is -0.469 e. The highest BCUT2D eigenvalue weighted by molar-refractivity contribution is 5.68. The average Bonchev–Trinajstić information content (AvgIpc) is 2.63. The van der Waals surface area contributed by atoms with Crippen molar-refractivity contribution in [2.24, 2.45) is 0 Å². The number of hydrogen-bond donors (Lipinski definition) is 0. The SMILES string of the molecule is CCCCCC/C=C/CCCCCCCCCCCCCC(=O)OC. The molecule has 148 valence electrons. The topological polar surface area (TPSA) is 26.3 Å². The van der Waals surface area contributed by atoms with E-state index in [-0.39, 0.29) is 5.97 Å². The molecule has 0 saturated carbocycles. The van der Waals surface area contributed by atoms with E-state index in [2.05, 4.69) is 23.8 Å². The molecule has 0 aromatic rings. The molecule has 0 saturated heterocycles. The van der Waals surface area contributed by atoms with E-state index in [1.165, 1.54) is 110 Å². The van der Waals surface area contributed by atoms with Crippen LogP contribution in [0.15, 0.2) is 12.2 Å². The zero-order valence-corrected chi connectivity index (χ0v) is 17.2. The highest BCUT2D eigenvalue weighted by atomic mass is 16.5. The van der Waals surface area contributed by atoms with Crippen molar-refractivity contribution in [1.29, 1.82) is 0 Å². The molecule has 0 N–H and O–H groups in total. The van der Waals surface area contributed by atoms with Crippen molar-refractivity contribution in [2.45, 2.75) is 122 Å². The van der Waals surface area contributed by atoms with E-state index in [1.807, 2.05) is 0 Å². The number of methoxy groups -OCH3 is 1. The monoisotopic (exact) mass is 352 g/mol. The molecule has 0 aliphatic heterocycles. The van der Waals surface area contributed by atoms with E-state index in [0.717, 1.165) is 6.42 Å².